The molecular formula is C16H16ClN5O3S2. The largest absolute Gasteiger partial charge is 0.324 e. The summed E-state index contributed by atoms with van der Waals surface area (Å²) in [6, 6.07) is 5.28. The van der Waals surface area contributed by atoms with Gasteiger partial charge < -0.3 is 5.32 Å². The fourth-order valence-corrected chi connectivity index (χ4v) is 4.23. The first-order chi connectivity index (χ1) is 12.8. The van der Waals surface area contributed by atoms with Gasteiger partial charge in [0.1, 0.15) is 6.04 Å². The zero-order valence-corrected chi connectivity index (χ0v) is 16.8. The molecule has 11 heteroatoms. The summed E-state index contributed by atoms with van der Waals surface area (Å²) in [6.45, 7) is 3.47. The van der Waals surface area contributed by atoms with Gasteiger partial charge in [0.25, 0.3) is 10.0 Å². The van der Waals surface area contributed by atoms with Gasteiger partial charge in [-0.05, 0) is 38.1 Å². The molecule has 2 heterocycles. The van der Waals surface area contributed by atoms with Crippen LogP contribution in [0.1, 0.15) is 18.7 Å². The number of benzene rings is 1. The summed E-state index contributed by atoms with van der Waals surface area (Å²) in [6.07, 6.45) is 2.99. The molecule has 0 aliphatic heterocycles. The summed E-state index contributed by atoms with van der Waals surface area (Å²) in [7, 11) is -3.73. The summed E-state index contributed by atoms with van der Waals surface area (Å²) in [4.78, 5) is 16.4. The lowest BCUT2D eigenvalue weighted by atomic mass is 10.2. The SMILES string of the molecule is Cc1c(Cl)cnn1C(C)C(=O)Nc1ccc(S(=O)(=O)Nc2nccs2)cc1. The van der Waals surface area contributed by atoms with Crippen molar-refractivity contribution in [2.24, 2.45) is 0 Å². The lowest BCUT2D eigenvalue weighted by Crippen LogP contribution is -2.25. The van der Waals surface area contributed by atoms with Crippen LogP contribution in [0.3, 0.4) is 0 Å². The van der Waals surface area contributed by atoms with Crippen LogP contribution in [0.2, 0.25) is 5.02 Å². The molecule has 142 valence electrons. The van der Waals surface area contributed by atoms with Gasteiger partial charge in [-0.3, -0.25) is 14.2 Å². The number of carbonyl (C=O) groups excluding carboxylic acids is 1. The summed E-state index contributed by atoms with van der Waals surface area (Å²) in [5, 5.41) is 9.27. The smallest absolute Gasteiger partial charge is 0.263 e. The zero-order valence-electron chi connectivity index (χ0n) is 14.4. The maximum absolute atomic E-state index is 12.4. The first-order valence-electron chi connectivity index (χ1n) is 7.81. The van der Waals surface area contributed by atoms with Gasteiger partial charge in [0.15, 0.2) is 5.13 Å². The van der Waals surface area contributed by atoms with Crippen LogP contribution < -0.4 is 10.0 Å². The Morgan fingerprint density at radius 1 is 1.30 bits per heavy atom. The number of nitrogens with zero attached hydrogens (tertiary/aromatic N) is 3. The third-order valence-corrected chi connectivity index (χ3v) is 6.36. The molecule has 0 aliphatic rings. The van der Waals surface area contributed by atoms with E-state index in [1.54, 1.807) is 19.2 Å². The fourth-order valence-electron chi connectivity index (χ4n) is 2.32. The fraction of sp³-hybridized carbons (Fsp3) is 0.188. The normalized spacial score (nSPS) is 12.6. The highest BCUT2D eigenvalue weighted by atomic mass is 35.5. The van der Waals surface area contributed by atoms with Crippen molar-refractivity contribution >= 4 is 49.7 Å². The van der Waals surface area contributed by atoms with Gasteiger partial charge in [-0.1, -0.05) is 11.6 Å². The van der Waals surface area contributed by atoms with Crippen molar-refractivity contribution in [3.63, 3.8) is 0 Å². The molecule has 8 nitrogen and oxygen atoms in total. The number of carbonyl (C=O) groups is 1. The molecule has 1 amide bonds. The van der Waals surface area contributed by atoms with Gasteiger partial charge in [0, 0.05) is 17.3 Å². The Balaban J connectivity index is 1.70. The molecular weight excluding hydrogens is 410 g/mol. The van der Waals surface area contributed by atoms with Crippen molar-refractivity contribution < 1.29 is 13.2 Å². The number of thiazole rings is 1. The number of amides is 1. The average Bonchev–Trinajstić information content (AvgIpc) is 3.25. The van der Waals surface area contributed by atoms with Crippen LogP contribution in [0.25, 0.3) is 0 Å². The second kappa shape index (κ2) is 7.67. The molecule has 3 rings (SSSR count). The van der Waals surface area contributed by atoms with Crippen LogP contribution in [0.4, 0.5) is 10.8 Å². The van der Waals surface area contributed by atoms with Crippen molar-refractivity contribution in [1.29, 1.82) is 0 Å². The standard InChI is InChI=1S/C16H16ClN5O3S2/c1-10-14(17)9-19-22(10)11(2)15(23)20-12-3-5-13(6-4-12)27(24,25)21-16-18-7-8-26-16/h3-9,11H,1-2H3,(H,18,21)(H,20,23). The van der Waals surface area contributed by atoms with Crippen LogP contribution in [-0.4, -0.2) is 29.1 Å². The van der Waals surface area contributed by atoms with Gasteiger partial charge in [-0.15, -0.1) is 11.3 Å². The average molecular weight is 426 g/mol. The van der Waals surface area contributed by atoms with E-state index in [1.165, 1.54) is 52.7 Å². The topological polar surface area (TPSA) is 106 Å². The number of anilines is 2. The second-order valence-electron chi connectivity index (χ2n) is 5.65. The third kappa shape index (κ3) is 4.29. The predicted octanol–water partition coefficient (Wildman–Crippen LogP) is 3.30. The summed E-state index contributed by atoms with van der Waals surface area (Å²) < 4.78 is 28.5. The number of sulfonamides is 1. The minimum atomic E-state index is -3.73. The Hall–Kier alpha value is -2.43. The minimum Gasteiger partial charge on any atom is -0.324 e. The first kappa shape index (κ1) is 19.3. The van der Waals surface area contributed by atoms with Gasteiger partial charge in [-0.25, -0.2) is 13.4 Å². The van der Waals surface area contributed by atoms with Crippen molar-refractivity contribution in [2.45, 2.75) is 24.8 Å². The van der Waals surface area contributed by atoms with Gasteiger partial charge in [0.2, 0.25) is 5.91 Å². The Kier molecular flexibility index (Phi) is 5.49. The van der Waals surface area contributed by atoms with Gasteiger partial charge in [-0.2, -0.15) is 5.10 Å². The van der Waals surface area contributed by atoms with Gasteiger partial charge >= 0.3 is 0 Å². The molecule has 0 fully saturated rings. The maximum atomic E-state index is 12.4. The van der Waals surface area contributed by atoms with Crippen LogP contribution in [0.5, 0.6) is 0 Å². The van der Waals surface area contributed by atoms with Crippen molar-refractivity contribution in [3.05, 3.63) is 52.8 Å². The number of halogens is 1. The highest BCUT2D eigenvalue weighted by Crippen LogP contribution is 2.21. The third-order valence-electron chi connectivity index (χ3n) is 3.82. The Bertz CT molecular complexity index is 1050. The van der Waals surface area contributed by atoms with E-state index in [0.29, 0.717) is 16.4 Å². The Morgan fingerprint density at radius 2 is 2.00 bits per heavy atom. The number of rotatable bonds is 6. The molecule has 2 N–H and O–H groups in total. The summed E-state index contributed by atoms with van der Waals surface area (Å²) in [5.41, 5.74) is 1.16. The monoisotopic (exact) mass is 425 g/mol. The predicted molar refractivity (Wildman–Crippen MR) is 105 cm³/mol. The zero-order chi connectivity index (χ0) is 19.6. The Morgan fingerprint density at radius 3 is 2.56 bits per heavy atom. The van der Waals surface area contributed by atoms with Crippen molar-refractivity contribution in [1.82, 2.24) is 14.8 Å². The van der Waals surface area contributed by atoms with E-state index in [1.807, 2.05) is 0 Å². The van der Waals surface area contributed by atoms with Crippen molar-refractivity contribution in [3.8, 4) is 0 Å². The van der Waals surface area contributed by atoms with Crippen LogP contribution in [0, 0.1) is 6.92 Å². The molecule has 0 spiro atoms. The van der Waals surface area contributed by atoms with E-state index in [-0.39, 0.29) is 15.9 Å². The van der Waals surface area contributed by atoms with Crippen LogP contribution in [0.15, 0.2) is 46.9 Å². The molecule has 0 saturated heterocycles. The molecule has 0 bridgehead atoms. The molecule has 0 saturated carbocycles. The molecule has 2 aromatic heterocycles. The van der Waals surface area contributed by atoms with Gasteiger partial charge in [0.05, 0.1) is 21.8 Å². The molecule has 0 radical (unpaired) electrons. The molecule has 27 heavy (non-hydrogen) atoms. The quantitative estimate of drug-likeness (QED) is 0.630. The second-order valence-corrected chi connectivity index (χ2v) is 8.64. The lowest BCUT2D eigenvalue weighted by molar-refractivity contribution is -0.119. The molecule has 3 aromatic rings. The highest BCUT2D eigenvalue weighted by Gasteiger charge is 2.20. The number of hydrogen-bond acceptors (Lipinski definition) is 6. The van der Waals surface area contributed by atoms with E-state index in [4.69, 9.17) is 11.6 Å². The van der Waals surface area contributed by atoms with Crippen LogP contribution >= 0.6 is 22.9 Å². The number of aromatic nitrogens is 3. The van der Waals surface area contributed by atoms with Crippen LogP contribution in [-0.2, 0) is 14.8 Å². The first-order valence-corrected chi connectivity index (χ1v) is 10.5. The number of hydrogen-bond donors (Lipinski definition) is 2. The van der Waals surface area contributed by atoms with E-state index in [0.717, 1.165) is 0 Å². The molecule has 1 aromatic carbocycles. The van der Waals surface area contributed by atoms with Crippen molar-refractivity contribution in [2.75, 3.05) is 10.0 Å². The van der Waals surface area contributed by atoms with E-state index < -0.39 is 16.1 Å². The number of nitrogens with one attached hydrogen (secondary N) is 2. The highest BCUT2D eigenvalue weighted by molar-refractivity contribution is 7.93. The van der Waals surface area contributed by atoms with E-state index in [9.17, 15) is 13.2 Å². The molecule has 1 unspecified atom stereocenters. The Labute approximate surface area is 165 Å². The lowest BCUT2D eigenvalue weighted by Gasteiger charge is -2.15. The molecule has 0 aliphatic carbocycles. The maximum Gasteiger partial charge on any atom is 0.263 e. The summed E-state index contributed by atoms with van der Waals surface area (Å²) in [5.74, 6) is -0.297. The minimum absolute atomic E-state index is 0.0680. The summed E-state index contributed by atoms with van der Waals surface area (Å²) >= 11 is 7.15. The molecule has 1 atom stereocenters. The van der Waals surface area contributed by atoms with E-state index in [2.05, 4.69) is 20.1 Å². The van der Waals surface area contributed by atoms with E-state index >= 15 is 0 Å².